The van der Waals surface area contributed by atoms with Gasteiger partial charge in [-0.3, -0.25) is 4.79 Å². The molecule has 0 aromatic heterocycles. The predicted molar refractivity (Wildman–Crippen MR) is 85.9 cm³/mol. The largest absolute Gasteiger partial charge is 0.486 e. The zero-order valence-corrected chi connectivity index (χ0v) is 12.9. The number of benzene rings is 2. The van der Waals surface area contributed by atoms with Crippen molar-refractivity contribution < 1.29 is 19.0 Å². The number of hydrogen-bond donors (Lipinski definition) is 1. The van der Waals surface area contributed by atoms with Crippen LogP contribution in [-0.4, -0.2) is 31.3 Å². The highest BCUT2D eigenvalue weighted by Crippen LogP contribution is 2.30. The van der Waals surface area contributed by atoms with Crippen LogP contribution in [0.15, 0.2) is 54.6 Å². The molecule has 0 spiro atoms. The second-order valence-corrected chi connectivity index (χ2v) is 5.32. The molecule has 1 N–H and O–H groups in total. The Morgan fingerprint density at radius 2 is 1.87 bits per heavy atom. The summed E-state index contributed by atoms with van der Waals surface area (Å²) >= 11 is 0. The van der Waals surface area contributed by atoms with E-state index >= 15 is 0 Å². The van der Waals surface area contributed by atoms with Crippen molar-refractivity contribution in [1.82, 2.24) is 5.32 Å². The number of para-hydroxylation sites is 3. The molecular formula is C18H19NO4. The molecule has 0 unspecified atom stereocenters. The lowest BCUT2D eigenvalue weighted by Crippen LogP contribution is -2.44. The molecule has 0 aliphatic carbocycles. The third-order valence-electron chi connectivity index (χ3n) is 3.50. The molecule has 1 aliphatic rings. The average Bonchev–Trinajstić information content (AvgIpc) is 2.60. The van der Waals surface area contributed by atoms with Crippen LogP contribution in [0.5, 0.6) is 17.2 Å². The first-order valence-electron chi connectivity index (χ1n) is 7.60. The van der Waals surface area contributed by atoms with Crippen molar-refractivity contribution in [3.8, 4) is 17.2 Å². The summed E-state index contributed by atoms with van der Waals surface area (Å²) in [5.41, 5.74) is 0. The number of rotatable bonds is 5. The van der Waals surface area contributed by atoms with Crippen LogP contribution in [0.25, 0.3) is 0 Å². The van der Waals surface area contributed by atoms with Crippen molar-refractivity contribution >= 4 is 5.91 Å². The van der Waals surface area contributed by atoms with Crippen LogP contribution >= 0.6 is 0 Å². The van der Waals surface area contributed by atoms with Gasteiger partial charge in [-0.25, -0.2) is 0 Å². The average molecular weight is 313 g/mol. The molecule has 5 heteroatoms. The highest BCUT2D eigenvalue weighted by atomic mass is 16.6. The van der Waals surface area contributed by atoms with Gasteiger partial charge >= 0.3 is 0 Å². The fraction of sp³-hybridized carbons (Fsp3) is 0.278. The van der Waals surface area contributed by atoms with E-state index in [1.807, 2.05) is 54.6 Å². The number of carbonyl (C=O) groups is 1. The summed E-state index contributed by atoms with van der Waals surface area (Å²) in [5, 5.41) is 2.83. The normalized spacial score (nSPS) is 17.2. The first-order valence-corrected chi connectivity index (χ1v) is 7.60. The Morgan fingerprint density at radius 3 is 2.65 bits per heavy atom. The Bertz CT molecular complexity index is 659. The number of hydrogen-bond acceptors (Lipinski definition) is 4. The summed E-state index contributed by atoms with van der Waals surface area (Å²) in [5.74, 6) is 1.92. The minimum atomic E-state index is -0.575. The SMILES string of the molecule is C[C@@H](Oc1ccccc1)C(=O)NC[C@H]1COc2ccccc2O1. The number of amides is 1. The first-order chi connectivity index (χ1) is 11.2. The van der Waals surface area contributed by atoms with E-state index in [1.165, 1.54) is 0 Å². The second kappa shape index (κ2) is 7.05. The quantitative estimate of drug-likeness (QED) is 0.921. The Hall–Kier alpha value is -2.69. The van der Waals surface area contributed by atoms with Gasteiger partial charge in [-0.05, 0) is 31.2 Å². The molecule has 23 heavy (non-hydrogen) atoms. The second-order valence-electron chi connectivity index (χ2n) is 5.32. The Morgan fingerprint density at radius 1 is 1.17 bits per heavy atom. The number of carbonyl (C=O) groups excluding carboxylic acids is 1. The van der Waals surface area contributed by atoms with Gasteiger partial charge in [0.15, 0.2) is 17.6 Å². The predicted octanol–water partition coefficient (Wildman–Crippen LogP) is 2.41. The Balaban J connectivity index is 1.48. The van der Waals surface area contributed by atoms with Crippen LogP contribution in [0.4, 0.5) is 0 Å². The Labute approximate surface area is 135 Å². The molecule has 3 rings (SSSR count). The van der Waals surface area contributed by atoms with Gasteiger partial charge in [0.25, 0.3) is 5.91 Å². The number of nitrogens with one attached hydrogen (secondary N) is 1. The van der Waals surface area contributed by atoms with E-state index in [2.05, 4.69) is 5.32 Å². The van der Waals surface area contributed by atoms with Crippen molar-refractivity contribution in [2.45, 2.75) is 19.1 Å². The van der Waals surface area contributed by atoms with Crippen LogP contribution in [0, 0.1) is 0 Å². The lowest BCUT2D eigenvalue weighted by molar-refractivity contribution is -0.127. The molecule has 2 aromatic rings. The number of ether oxygens (including phenoxy) is 3. The molecule has 0 saturated carbocycles. The molecular weight excluding hydrogens is 294 g/mol. The maximum atomic E-state index is 12.1. The van der Waals surface area contributed by atoms with Crippen molar-refractivity contribution in [3.05, 3.63) is 54.6 Å². The monoisotopic (exact) mass is 313 g/mol. The standard InChI is InChI=1S/C18H19NO4/c1-13(22-14-7-3-2-4-8-14)18(20)19-11-15-12-21-16-9-5-6-10-17(16)23-15/h2-10,13,15H,11-12H2,1H3,(H,19,20)/t13-,15+/m1/s1. The van der Waals surface area contributed by atoms with Crippen LogP contribution in [0.1, 0.15) is 6.92 Å². The van der Waals surface area contributed by atoms with E-state index in [1.54, 1.807) is 6.92 Å². The van der Waals surface area contributed by atoms with E-state index in [0.717, 1.165) is 5.75 Å². The summed E-state index contributed by atoms with van der Waals surface area (Å²) in [6, 6.07) is 16.8. The summed E-state index contributed by atoms with van der Waals surface area (Å²) in [7, 11) is 0. The smallest absolute Gasteiger partial charge is 0.260 e. The maximum absolute atomic E-state index is 12.1. The molecule has 5 nitrogen and oxygen atoms in total. The molecule has 0 radical (unpaired) electrons. The van der Waals surface area contributed by atoms with E-state index in [0.29, 0.717) is 24.7 Å². The van der Waals surface area contributed by atoms with Crippen LogP contribution < -0.4 is 19.5 Å². The maximum Gasteiger partial charge on any atom is 0.260 e. The topological polar surface area (TPSA) is 56.8 Å². The van der Waals surface area contributed by atoms with Gasteiger partial charge in [-0.2, -0.15) is 0 Å². The lowest BCUT2D eigenvalue weighted by Gasteiger charge is -2.27. The van der Waals surface area contributed by atoms with Crippen LogP contribution in [-0.2, 0) is 4.79 Å². The van der Waals surface area contributed by atoms with E-state index in [-0.39, 0.29) is 12.0 Å². The molecule has 0 bridgehead atoms. The van der Waals surface area contributed by atoms with Gasteiger partial charge in [-0.1, -0.05) is 30.3 Å². The molecule has 1 amide bonds. The zero-order valence-electron chi connectivity index (χ0n) is 12.9. The molecule has 0 saturated heterocycles. The van der Waals surface area contributed by atoms with Gasteiger partial charge in [0.2, 0.25) is 0 Å². The molecule has 1 heterocycles. The lowest BCUT2D eigenvalue weighted by atomic mass is 10.2. The summed E-state index contributed by atoms with van der Waals surface area (Å²) in [4.78, 5) is 12.1. The first kappa shape index (κ1) is 15.2. The van der Waals surface area contributed by atoms with Crippen molar-refractivity contribution in [2.75, 3.05) is 13.2 Å². The van der Waals surface area contributed by atoms with Gasteiger partial charge in [0, 0.05) is 0 Å². The van der Waals surface area contributed by atoms with E-state index in [4.69, 9.17) is 14.2 Å². The summed E-state index contributed by atoms with van der Waals surface area (Å²) < 4.78 is 17.0. The van der Waals surface area contributed by atoms with Gasteiger partial charge in [0.05, 0.1) is 6.54 Å². The molecule has 0 fully saturated rings. The third-order valence-corrected chi connectivity index (χ3v) is 3.50. The Kier molecular flexibility index (Phi) is 4.66. The van der Waals surface area contributed by atoms with Crippen LogP contribution in [0.3, 0.4) is 0 Å². The zero-order chi connectivity index (χ0) is 16.1. The number of fused-ring (bicyclic) bond motifs is 1. The van der Waals surface area contributed by atoms with Gasteiger partial charge in [0.1, 0.15) is 18.5 Å². The fourth-order valence-corrected chi connectivity index (χ4v) is 2.28. The highest BCUT2D eigenvalue weighted by molar-refractivity contribution is 5.80. The molecule has 2 aromatic carbocycles. The summed E-state index contributed by atoms with van der Waals surface area (Å²) in [6.45, 7) is 2.50. The minimum Gasteiger partial charge on any atom is -0.486 e. The minimum absolute atomic E-state index is 0.184. The van der Waals surface area contributed by atoms with Gasteiger partial charge < -0.3 is 19.5 Å². The van der Waals surface area contributed by atoms with E-state index in [9.17, 15) is 4.79 Å². The van der Waals surface area contributed by atoms with Crippen molar-refractivity contribution in [3.63, 3.8) is 0 Å². The van der Waals surface area contributed by atoms with Crippen LogP contribution in [0.2, 0.25) is 0 Å². The van der Waals surface area contributed by atoms with Crippen molar-refractivity contribution in [2.24, 2.45) is 0 Å². The molecule has 2 atom stereocenters. The van der Waals surface area contributed by atoms with Gasteiger partial charge in [-0.15, -0.1) is 0 Å². The highest BCUT2D eigenvalue weighted by Gasteiger charge is 2.22. The summed E-state index contributed by atoms with van der Waals surface area (Å²) in [6.07, 6.45) is -0.785. The fourth-order valence-electron chi connectivity index (χ4n) is 2.28. The van der Waals surface area contributed by atoms with Crippen molar-refractivity contribution in [1.29, 1.82) is 0 Å². The van der Waals surface area contributed by atoms with E-state index < -0.39 is 6.10 Å². The molecule has 1 aliphatic heterocycles. The third kappa shape index (κ3) is 3.94. The molecule has 120 valence electrons.